The van der Waals surface area contributed by atoms with Crippen LogP contribution in [0.5, 0.6) is 0 Å². The zero-order chi connectivity index (χ0) is 13.1. The monoisotopic (exact) mass is 321 g/mol. The predicted octanol–water partition coefficient (Wildman–Crippen LogP) is 2.81. The summed E-state index contributed by atoms with van der Waals surface area (Å²) in [5.74, 6) is 1.03. The van der Waals surface area contributed by atoms with Crippen molar-refractivity contribution >= 4 is 21.7 Å². The highest BCUT2D eigenvalue weighted by Gasteiger charge is 2.12. The van der Waals surface area contributed by atoms with Gasteiger partial charge < -0.3 is 4.90 Å². The third kappa shape index (κ3) is 2.94. The van der Waals surface area contributed by atoms with Crippen molar-refractivity contribution in [1.82, 2.24) is 19.7 Å². The highest BCUT2D eigenvalue weighted by Crippen LogP contribution is 2.19. The topological polar surface area (TPSA) is 46.8 Å². The summed E-state index contributed by atoms with van der Waals surface area (Å²) in [5.41, 5.74) is 0.993. The molecule has 0 N–H and O–H groups in total. The lowest BCUT2D eigenvalue weighted by atomic mass is 10.2. The Kier molecular flexibility index (Phi) is 3.77. The number of rotatable bonds is 2. The van der Waals surface area contributed by atoms with Crippen LogP contribution in [0, 0.1) is 0 Å². The molecule has 0 saturated carbocycles. The molecule has 19 heavy (non-hydrogen) atoms. The van der Waals surface area contributed by atoms with Crippen LogP contribution in [0.1, 0.15) is 25.7 Å². The zero-order valence-corrected chi connectivity index (χ0v) is 12.3. The first kappa shape index (κ1) is 12.6. The van der Waals surface area contributed by atoms with Gasteiger partial charge >= 0.3 is 0 Å². The molecule has 6 heteroatoms. The first-order valence-corrected chi connectivity index (χ1v) is 7.41. The fourth-order valence-corrected chi connectivity index (χ4v) is 2.65. The molecule has 1 aliphatic heterocycles. The third-order valence-corrected chi connectivity index (χ3v) is 3.75. The maximum absolute atomic E-state index is 4.49. The molecule has 0 spiro atoms. The van der Waals surface area contributed by atoms with Crippen molar-refractivity contribution in [3.63, 3.8) is 0 Å². The fraction of sp³-hybridized carbons (Fsp3) is 0.462. The molecule has 3 rings (SSSR count). The third-order valence-electron chi connectivity index (χ3n) is 3.39. The second-order valence-electron chi connectivity index (χ2n) is 4.73. The average Bonchev–Trinajstić information content (AvgIpc) is 2.71. The summed E-state index contributed by atoms with van der Waals surface area (Å²) in [4.78, 5) is 10.9. The van der Waals surface area contributed by atoms with Gasteiger partial charge in [0.25, 0.3) is 0 Å². The second-order valence-corrected chi connectivity index (χ2v) is 5.44. The molecule has 0 radical (unpaired) electrons. The molecule has 0 aromatic carbocycles. The summed E-state index contributed by atoms with van der Waals surface area (Å²) in [5, 5.41) is 4.26. The SMILES string of the molecule is Brc1ncn(-c2ccnc(N3CCCCCC3)c2)n1. The molecule has 2 aromatic rings. The van der Waals surface area contributed by atoms with Gasteiger partial charge in [-0.2, -0.15) is 0 Å². The maximum atomic E-state index is 4.49. The van der Waals surface area contributed by atoms with Gasteiger partial charge in [0.2, 0.25) is 4.73 Å². The summed E-state index contributed by atoms with van der Waals surface area (Å²) in [7, 11) is 0. The Morgan fingerprint density at radius 3 is 2.53 bits per heavy atom. The molecule has 3 heterocycles. The first-order valence-electron chi connectivity index (χ1n) is 6.61. The van der Waals surface area contributed by atoms with Gasteiger partial charge in [0.1, 0.15) is 12.1 Å². The minimum Gasteiger partial charge on any atom is -0.357 e. The van der Waals surface area contributed by atoms with Crippen LogP contribution >= 0.6 is 15.9 Å². The van der Waals surface area contributed by atoms with Gasteiger partial charge in [0.15, 0.2) is 0 Å². The Balaban J connectivity index is 1.86. The zero-order valence-electron chi connectivity index (χ0n) is 10.7. The van der Waals surface area contributed by atoms with Gasteiger partial charge in [-0.05, 0) is 34.8 Å². The van der Waals surface area contributed by atoms with Crippen LogP contribution in [0.15, 0.2) is 29.4 Å². The van der Waals surface area contributed by atoms with Gasteiger partial charge in [0.05, 0.1) is 5.69 Å². The van der Waals surface area contributed by atoms with Crippen molar-refractivity contribution in [1.29, 1.82) is 0 Å². The van der Waals surface area contributed by atoms with Crippen LogP contribution in [-0.4, -0.2) is 32.8 Å². The average molecular weight is 322 g/mol. The largest absolute Gasteiger partial charge is 0.357 e. The molecule has 1 fully saturated rings. The van der Waals surface area contributed by atoms with Crippen LogP contribution in [0.3, 0.4) is 0 Å². The molecular weight excluding hydrogens is 306 g/mol. The van der Waals surface area contributed by atoms with Gasteiger partial charge in [-0.1, -0.05) is 12.8 Å². The number of anilines is 1. The van der Waals surface area contributed by atoms with E-state index in [4.69, 9.17) is 0 Å². The maximum Gasteiger partial charge on any atom is 0.217 e. The van der Waals surface area contributed by atoms with E-state index in [0.29, 0.717) is 4.73 Å². The minimum atomic E-state index is 0.598. The van der Waals surface area contributed by atoms with E-state index in [-0.39, 0.29) is 0 Å². The Bertz CT molecular complexity index is 545. The number of hydrogen-bond acceptors (Lipinski definition) is 4. The molecule has 1 aliphatic rings. The first-order chi connectivity index (χ1) is 9.33. The van der Waals surface area contributed by atoms with E-state index in [1.165, 1.54) is 25.7 Å². The number of halogens is 1. The van der Waals surface area contributed by atoms with E-state index < -0.39 is 0 Å². The van der Waals surface area contributed by atoms with E-state index >= 15 is 0 Å². The molecule has 0 bridgehead atoms. The lowest BCUT2D eigenvalue weighted by Gasteiger charge is -2.21. The normalized spacial score (nSPS) is 16.4. The predicted molar refractivity (Wildman–Crippen MR) is 77.5 cm³/mol. The van der Waals surface area contributed by atoms with E-state index in [0.717, 1.165) is 24.6 Å². The minimum absolute atomic E-state index is 0.598. The summed E-state index contributed by atoms with van der Waals surface area (Å²) >= 11 is 3.27. The van der Waals surface area contributed by atoms with E-state index in [1.54, 1.807) is 11.0 Å². The summed E-state index contributed by atoms with van der Waals surface area (Å²) in [6.07, 6.45) is 8.69. The Labute approximate surface area is 120 Å². The number of aromatic nitrogens is 4. The van der Waals surface area contributed by atoms with Crippen molar-refractivity contribution in [2.24, 2.45) is 0 Å². The smallest absolute Gasteiger partial charge is 0.217 e. The van der Waals surface area contributed by atoms with Gasteiger partial charge in [-0.15, -0.1) is 5.10 Å². The fourth-order valence-electron chi connectivity index (χ4n) is 2.39. The molecule has 0 unspecified atom stereocenters. The van der Waals surface area contributed by atoms with Crippen molar-refractivity contribution in [3.8, 4) is 5.69 Å². The molecule has 0 atom stereocenters. The second kappa shape index (κ2) is 5.69. The van der Waals surface area contributed by atoms with Crippen molar-refractivity contribution in [2.45, 2.75) is 25.7 Å². The van der Waals surface area contributed by atoms with E-state index in [2.05, 4.69) is 42.0 Å². The van der Waals surface area contributed by atoms with Gasteiger partial charge in [0, 0.05) is 25.4 Å². The van der Waals surface area contributed by atoms with E-state index in [9.17, 15) is 0 Å². The summed E-state index contributed by atoms with van der Waals surface area (Å²) < 4.78 is 2.35. The molecule has 2 aromatic heterocycles. The highest BCUT2D eigenvalue weighted by molar-refractivity contribution is 9.10. The van der Waals surface area contributed by atoms with Crippen molar-refractivity contribution in [3.05, 3.63) is 29.4 Å². The number of pyridine rings is 1. The lowest BCUT2D eigenvalue weighted by molar-refractivity contribution is 0.726. The van der Waals surface area contributed by atoms with Crippen LogP contribution in [0.4, 0.5) is 5.82 Å². The number of hydrogen-bond donors (Lipinski definition) is 0. The van der Waals surface area contributed by atoms with Crippen LogP contribution in [-0.2, 0) is 0 Å². The van der Waals surface area contributed by atoms with Crippen LogP contribution in [0.2, 0.25) is 0 Å². The molecule has 5 nitrogen and oxygen atoms in total. The van der Waals surface area contributed by atoms with Gasteiger partial charge in [-0.3, -0.25) is 0 Å². The highest BCUT2D eigenvalue weighted by atomic mass is 79.9. The summed E-state index contributed by atoms with van der Waals surface area (Å²) in [6.45, 7) is 2.19. The standard InChI is InChI=1S/C13H16BrN5/c14-13-16-10-19(17-13)11-5-6-15-12(9-11)18-7-3-1-2-4-8-18/h5-6,9-10H,1-4,7-8H2. The van der Waals surface area contributed by atoms with Crippen molar-refractivity contribution in [2.75, 3.05) is 18.0 Å². The van der Waals surface area contributed by atoms with Crippen LogP contribution in [0.25, 0.3) is 5.69 Å². The molecule has 0 aliphatic carbocycles. The summed E-state index contributed by atoms with van der Waals surface area (Å²) in [6, 6.07) is 4.02. The Morgan fingerprint density at radius 2 is 1.84 bits per heavy atom. The number of nitrogens with zero attached hydrogens (tertiary/aromatic N) is 5. The van der Waals surface area contributed by atoms with Gasteiger partial charge in [-0.25, -0.2) is 14.6 Å². The Morgan fingerprint density at radius 1 is 1.05 bits per heavy atom. The van der Waals surface area contributed by atoms with E-state index in [1.807, 2.05) is 12.3 Å². The quantitative estimate of drug-likeness (QED) is 0.853. The molecule has 1 saturated heterocycles. The van der Waals surface area contributed by atoms with Crippen molar-refractivity contribution < 1.29 is 0 Å². The Hall–Kier alpha value is -1.43. The molecule has 100 valence electrons. The van der Waals surface area contributed by atoms with Crippen LogP contribution < -0.4 is 4.90 Å². The molecule has 0 amide bonds. The lowest BCUT2D eigenvalue weighted by Crippen LogP contribution is -2.24. The molecular formula is C13H16BrN5.